The Morgan fingerprint density at radius 2 is 1.79 bits per heavy atom. The van der Waals surface area contributed by atoms with Crippen LogP contribution in [0.15, 0.2) is 92.9 Å². The van der Waals surface area contributed by atoms with Gasteiger partial charge in [-0.15, -0.1) is 11.3 Å². The molecule has 4 nitrogen and oxygen atoms in total. The van der Waals surface area contributed by atoms with E-state index >= 15 is 0 Å². The minimum atomic E-state index is -0.292. The summed E-state index contributed by atoms with van der Waals surface area (Å²) in [6.45, 7) is 0. The summed E-state index contributed by atoms with van der Waals surface area (Å²) < 4.78 is 15.9. The second-order valence-electron chi connectivity index (χ2n) is 5.78. The van der Waals surface area contributed by atoms with Crippen LogP contribution in [0, 0.1) is 5.82 Å². The van der Waals surface area contributed by atoms with E-state index in [4.69, 9.17) is 0 Å². The van der Waals surface area contributed by atoms with Crippen molar-refractivity contribution in [3.8, 4) is 11.3 Å². The lowest BCUT2D eigenvalue weighted by Crippen LogP contribution is -2.11. The van der Waals surface area contributed by atoms with Gasteiger partial charge in [-0.2, -0.15) is 5.10 Å². The third-order valence-corrected chi connectivity index (χ3v) is 5.39. The van der Waals surface area contributed by atoms with Gasteiger partial charge in [0, 0.05) is 21.6 Å². The van der Waals surface area contributed by atoms with Crippen LogP contribution in [0.25, 0.3) is 11.3 Å². The van der Waals surface area contributed by atoms with Crippen LogP contribution in [-0.4, -0.2) is 15.9 Å². The van der Waals surface area contributed by atoms with Gasteiger partial charge in [-0.1, -0.05) is 40.2 Å². The molecule has 0 saturated heterocycles. The van der Waals surface area contributed by atoms with Gasteiger partial charge in [0.25, 0.3) is 0 Å². The Morgan fingerprint density at radius 1 is 1.00 bits per heavy atom. The molecule has 0 bridgehead atoms. The number of rotatable bonds is 4. The number of nitrogens with zero attached hydrogens (tertiary/aromatic N) is 4. The average molecular weight is 453 g/mol. The zero-order valence-corrected chi connectivity index (χ0v) is 16.9. The molecule has 0 saturated carbocycles. The molecule has 0 N–H and O–H groups in total. The summed E-state index contributed by atoms with van der Waals surface area (Å²) in [5.74, 6) is -0.292. The van der Waals surface area contributed by atoms with Gasteiger partial charge in [0.05, 0.1) is 23.3 Å². The highest BCUT2D eigenvalue weighted by molar-refractivity contribution is 9.10. The number of thiazole rings is 1. The summed E-state index contributed by atoms with van der Waals surface area (Å²) in [6.07, 6.45) is 3.41. The molecule has 4 aromatic rings. The minimum Gasteiger partial charge on any atom is -0.255 e. The molecule has 2 aromatic carbocycles. The van der Waals surface area contributed by atoms with Crippen molar-refractivity contribution in [1.29, 1.82) is 0 Å². The van der Waals surface area contributed by atoms with E-state index in [1.807, 2.05) is 47.8 Å². The van der Waals surface area contributed by atoms with Crippen molar-refractivity contribution in [2.24, 2.45) is 10.1 Å². The number of pyridine rings is 1. The SMILES string of the molecule is Fc1ccc(N=c2scc(-c3ccccc3Br)n2N=Cc2ccccn2)cc1. The van der Waals surface area contributed by atoms with E-state index < -0.39 is 0 Å². The number of hydrogen-bond donors (Lipinski definition) is 0. The van der Waals surface area contributed by atoms with Crippen molar-refractivity contribution in [3.05, 3.63) is 99.1 Å². The fraction of sp³-hybridized carbons (Fsp3) is 0. The first-order valence-electron chi connectivity index (χ1n) is 8.42. The third kappa shape index (κ3) is 4.16. The molecule has 0 unspecified atom stereocenters. The maximum atomic E-state index is 13.2. The highest BCUT2D eigenvalue weighted by Crippen LogP contribution is 2.28. The molecule has 7 heteroatoms. The molecule has 4 rings (SSSR count). The fourth-order valence-electron chi connectivity index (χ4n) is 2.54. The van der Waals surface area contributed by atoms with Crippen molar-refractivity contribution >= 4 is 39.2 Å². The van der Waals surface area contributed by atoms with Crippen LogP contribution >= 0.6 is 27.3 Å². The summed E-state index contributed by atoms with van der Waals surface area (Å²) >= 11 is 5.06. The first-order valence-corrected chi connectivity index (χ1v) is 10.1. The topological polar surface area (TPSA) is 42.5 Å². The predicted molar refractivity (Wildman–Crippen MR) is 114 cm³/mol. The molecule has 0 aliphatic heterocycles. The summed E-state index contributed by atoms with van der Waals surface area (Å²) in [5, 5.41) is 6.62. The highest BCUT2D eigenvalue weighted by atomic mass is 79.9. The summed E-state index contributed by atoms with van der Waals surface area (Å²) in [6, 6.07) is 19.6. The van der Waals surface area contributed by atoms with Crippen LogP contribution in [0.1, 0.15) is 5.69 Å². The number of halogens is 2. The van der Waals surface area contributed by atoms with Crippen molar-refractivity contribution in [3.63, 3.8) is 0 Å². The van der Waals surface area contributed by atoms with Crippen LogP contribution in [0.2, 0.25) is 0 Å². The van der Waals surface area contributed by atoms with Crippen LogP contribution < -0.4 is 4.80 Å². The Kier molecular flexibility index (Phi) is 5.55. The lowest BCUT2D eigenvalue weighted by atomic mass is 10.2. The quantitative estimate of drug-likeness (QED) is 0.370. The molecule has 0 fully saturated rings. The van der Waals surface area contributed by atoms with E-state index in [0.29, 0.717) is 10.5 Å². The average Bonchev–Trinajstić information content (AvgIpc) is 3.11. The molecule has 0 aliphatic carbocycles. The molecular formula is C21H14BrFN4S. The Bertz CT molecular complexity index is 1180. The first kappa shape index (κ1) is 18.5. The van der Waals surface area contributed by atoms with Crippen molar-refractivity contribution in [2.45, 2.75) is 0 Å². The molecule has 0 amide bonds. The maximum absolute atomic E-state index is 13.2. The van der Waals surface area contributed by atoms with E-state index in [9.17, 15) is 4.39 Å². The summed E-state index contributed by atoms with van der Waals surface area (Å²) in [4.78, 5) is 9.59. The van der Waals surface area contributed by atoms with Crippen molar-refractivity contribution in [1.82, 2.24) is 9.66 Å². The van der Waals surface area contributed by atoms with Crippen molar-refractivity contribution < 1.29 is 4.39 Å². The first-order chi connectivity index (χ1) is 13.7. The van der Waals surface area contributed by atoms with E-state index in [2.05, 4.69) is 31.0 Å². The van der Waals surface area contributed by atoms with Crippen LogP contribution in [0.3, 0.4) is 0 Å². The van der Waals surface area contributed by atoms with Gasteiger partial charge in [0.15, 0.2) is 0 Å². The lowest BCUT2D eigenvalue weighted by Gasteiger charge is -2.05. The van der Waals surface area contributed by atoms with Gasteiger partial charge in [-0.3, -0.25) is 4.98 Å². The van der Waals surface area contributed by atoms with Gasteiger partial charge in [0.2, 0.25) is 4.80 Å². The van der Waals surface area contributed by atoms with E-state index in [0.717, 1.165) is 21.4 Å². The molecule has 0 aliphatic rings. The lowest BCUT2D eigenvalue weighted by molar-refractivity contribution is 0.628. The Hall–Kier alpha value is -2.90. The standard InChI is InChI=1S/C21H14BrFN4S/c22-19-7-2-1-6-18(19)20-14-28-21(26-16-10-8-15(23)9-11-16)27(20)25-13-17-5-3-4-12-24-17/h1-14H. The second kappa shape index (κ2) is 8.41. The monoisotopic (exact) mass is 452 g/mol. The number of benzene rings is 2. The molecular weight excluding hydrogens is 439 g/mol. The fourth-order valence-corrected chi connectivity index (χ4v) is 3.87. The van der Waals surface area contributed by atoms with E-state index in [1.165, 1.54) is 23.5 Å². The predicted octanol–water partition coefficient (Wildman–Crippen LogP) is 5.63. The summed E-state index contributed by atoms with van der Waals surface area (Å²) in [7, 11) is 0. The Morgan fingerprint density at radius 3 is 2.54 bits per heavy atom. The maximum Gasteiger partial charge on any atom is 0.211 e. The zero-order valence-electron chi connectivity index (χ0n) is 14.5. The Balaban J connectivity index is 1.86. The molecule has 28 heavy (non-hydrogen) atoms. The summed E-state index contributed by atoms with van der Waals surface area (Å²) in [5.41, 5.74) is 3.29. The second-order valence-corrected chi connectivity index (χ2v) is 7.47. The normalized spacial score (nSPS) is 12.0. The Labute approximate surface area is 173 Å². The highest BCUT2D eigenvalue weighted by Gasteiger charge is 2.10. The molecule has 2 heterocycles. The third-order valence-electron chi connectivity index (χ3n) is 3.88. The number of hydrogen-bond acceptors (Lipinski definition) is 4. The van der Waals surface area contributed by atoms with E-state index in [-0.39, 0.29) is 5.82 Å². The van der Waals surface area contributed by atoms with Gasteiger partial charge >= 0.3 is 0 Å². The molecule has 0 atom stereocenters. The van der Waals surface area contributed by atoms with Crippen LogP contribution in [0.4, 0.5) is 10.1 Å². The van der Waals surface area contributed by atoms with Crippen LogP contribution in [-0.2, 0) is 0 Å². The van der Waals surface area contributed by atoms with Crippen LogP contribution in [0.5, 0.6) is 0 Å². The van der Waals surface area contributed by atoms with E-state index in [1.54, 1.807) is 29.2 Å². The van der Waals surface area contributed by atoms with Gasteiger partial charge in [-0.25, -0.2) is 14.1 Å². The largest absolute Gasteiger partial charge is 0.255 e. The smallest absolute Gasteiger partial charge is 0.211 e. The van der Waals surface area contributed by atoms with Gasteiger partial charge in [-0.05, 0) is 42.5 Å². The molecule has 0 radical (unpaired) electrons. The minimum absolute atomic E-state index is 0.292. The van der Waals surface area contributed by atoms with Gasteiger partial charge in [0.1, 0.15) is 5.82 Å². The molecule has 2 aromatic heterocycles. The van der Waals surface area contributed by atoms with Crippen molar-refractivity contribution in [2.75, 3.05) is 0 Å². The van der Waals surface area contributed by atoms with Gasteiger partial charge < -0.3 is 0 Å². The molecule has 0 spiro atoms. The zero-order chi connectivity index (χ0) is 19.3. The molecule has 138 valence electrons. The number of aromatic nitrogens is 2.